The van der Waals surface area contributed by atoms with E-state index in [2.05, 4.69) is 13.0 Å². The predicted octanol–water partition coefficient (Wildman–Crippen LogP) is 2.59. The maximum Gasteiger partial charge on any atom is 0.187 e. The number of ether oxygens (including phenoxy) is 2. The van der Waals surface area contributed by atoms with Gasteiger partial charge < -0.3 is 24.8 Å². The van der Waals surface area contributed by atoms with Crippen molar-refractivity contribution in [2.75, 3.05) is 0 Å². The molecule has 0 aromatic carbocycles. The van der Waals surface area contributed by atoms with Gasteiger partial charge in [-0.15, -0.1) is 0 Å². The van der Waals surface area contributed by atoms with E-state index in [1.807, 2.05) is 19.9 Å². The van der Waals surface area contributed by atoms with Gasteiger partial charge in [0, 0.05) is 0 Å². The molecule has 0 amide bonds. The third-order valence-electron chi connectivity index (χ3n) is 6.40. The Bertz CT molecular complexity index is 581. The van der Waals surface area contributed by atoms with E-state index in [4.69, 9.17) is 9.47 Å². The molecule has 0 aromatic rings. The first-order valence-corrected chi connectivity index (χ1v) is 9.38. The van der Waals surface area contributed by atoms with E-state index in [0.717, 1.165) is 24.8 Å². The Morgan fingerprint density at radius 3 is 2.48 bits per heavy atom. The van der Waals surface area contributed by atoms with Gasteiger partial charge in [-0.1, -0.05) is 23.3 Å². The highest BCUT2D eigenvalue weighted by atomic mass is 16.7. The molecule has 1 aliphatic carbocycles. The lowest BCUT2D eigenvalue weighted by Gasteiger charge is -2.29. The van der Waals surface area contributed by atoms with Gasteiger partial charge in [0.1, 0.15) is 17.3 Å². The number of epoxide rings is 1. The van der Waals surface area contributed by atoms with Gasteiger partial charge in [0.15, 0.2) is 6.29 Å². The van der Waals surface area contributed by atoms with E-state index in [-0.39, 0.29) is 6.10 Å². The molecule has 0 bridgehead atoms. The van der Waals surface area contributed by atoms with Crippen LogP contribution in [0.25, 0.3) is 0 Å². The summed E-state index contributed by atoms with van der Waals surface area (Å²) in [7, 11) is 0. The number of hydrogen-bond donors (Lipinski definition) is 3. The molecule has 142 valence electrons. The third-order valence-corrected chi connectivity index (χ3v) is 6.40. The Morgan fingerprint density at radius 1 is 1.08 bits per heavy atom. The molecule has 5 heteroatoms. The van der Waals surface area contributed by atoms with E-state index in [1.165, 1.54) is 5.57 Å². The standard InChI is InChI=1S/C20H32O5/c1-13-6-5-10-18(3,23)15(21)8-7-14(2)12-16-20(11-9-13)19(4,25-20)17(22)24-16/h6,12,15-17,21-23H,5,7-11H2,1-4H3. The average Bonchev–Trinajstić information content (AvgIpc) is 3.10. The number of aliphatic hydroxyl groups excluding tert-OH is 2. The van der Waals surface area contributed by atoms with Crippen molar-refractivity contribution < 1.29 is 24.8 Å². The maximum absolute atomic E-state index is 10.5. The van der Waals surface area contributed by atoms with Crippen LogP contribution in [-0.2, 0) is 9.47 Å². The second-order valence-electron chi connectivity index (χ2n) is 8.52. The molecule has 2 aliphatic heterocycles. The van der Waals surface area contributed by atoms with Crippen molar-refractivity contribution in [1.82, 2.24) is 0 Å². The molecule has 25 heavy (non-hydrogen) atoms. The lowest BCUT2D eigenvalue weighted by Crippen LogP contribution is -2.39. The van der Waals surface area contributed by atoms with Gasteiger partial charge in [-0.25, -0.2) is 0 Å². The van der Waals surface area contributed by atoms with Gasteiger partial charge in [0.05, 0.1) is 11.7 Å². The van der Waals surface area contributed by atoms with Gasteiger partial charge in [-0.2, -0.15) is 0 Å². The molecule has 5 nitrogen and oxygen atoms in total. The predicted molar refractivity (Wildman–Crippen MR) is 94.9 cm³/mol. The van der Waals surface area contributed by atoms with E-state index in [9.17, 15) is 15.3 Å². The first-order valence-electron chi connectivity index (χ1n) is 9.38. The first kappa shape index (κ1) is 19.1. The van der Waals surface area contributed by atoms with E-state index >= 15 is 0 Å². The molecule has 3 aliphatic rings. The summed E-state index contributed by atoms with van der Waals surface area (Å²) in [5.41, 5.74) is 0.137. The Labute approximate surface area is 150 Å². The molecule has 2 saturated heterocycles. The first-order chi connectivity index (χ1) is 11.6. The average molecular weight is 352 g/mol. The van der Waals surface area contributed by atoms with Crippen LogP contribution in [0.1, 0.15) is 66.2 Å². The summed E-state index contributed by atoms with van der Waals surface area (Å²) in [4.78, 5) is 0. The van der Waals surface area contributed by atoms with Gasteiger partial charge >= 0.3 is 0 Å². The molecule has 0 saturated carbocycles. The minimum absolute atomic E-state index is 0.277. The maximum atomic E-state index is 10.5. The summed E-state index contributed by atoms with van der Waals surface area (Å²) in [6.07, 6.45) is 6.31. The molecule has 3 rings (SSSR count). The molecular weight excluding hydrogens is 320 g/mol. The zero-order valence-electron chi connectivity index (χ0n) is 15.8. The van der Waals surface area contributed by atoms with Crippen LogP contribution in [0.5, 0.6) is 0 Å². The van der Waals surface area contributed by atoms with Gasteiger partial charge in [0.2, 0.25) is 0 Å². The third kappa shape index (κ3) is 3.33. The van der Waals surface area contributed by atoms with E-state index < -0.39 is 29.2 Å². The molecule has 1 spiro atoms. The largest absolute Gasteiger partial charge is 0.390 e. The SMILES string of the molecule is CC1=CC2OC(O)C3(C)OC23CCC(C)=CCCC(C)(O)C(O)CC1. The fraction of sp³-hybridized carbons (Fsp3) is 0.800. The fourth-order valence-corrected chi connectivity index (χ4v) is 4.23. The topological polar surface area (TPSA) is 82.5 Å². The Kier molecular flexibility index (Phi) is 4.93. The second kappa shape index (κ2) is 6.46. The van der Waals surface area contributed by atoms with Crippen molar-refractivity contribution >= 4 is 0 Å². The summed E-state index contributed by atoms with van der Waals surface area (Å²) in [6.45, 7) is 7.71. The number of hydrogen-bond acceptors (Lipinski definition) is 5. The van der Waals surface area contributed by atoms with Crippen molar-refractivity contribution in [2.45, 2.75) is 102 Å². The lowest BCUT2D eigenvalue weighted by molar-refractivity contribution is -0.154. The van der Waals surface area contributed by atoms with Crippen LogP contribution >= 0.6 is 0 Å². The van der Waals surface area contributed by atoms with Gasteiger partial charge in [-0.05, 0) is 66.2 Å². The quantitative estimate of drug-likeness (QED) is 0.461. The van der Waals surface area contributed by atoms with Crippen molar-refractivity contribution in [1.29, 1.82) is 0 Å². The van der Waals surface area contributed by atoms with E-state index in [0.29, 0.717) is 19.3 Å². The molecule has 0 radical (unpaired) electrons. The zero-order chi connectivity index (χ0) is 18.5. The highest BCUT2D eigenvalue weighted by Crippen LogP contribution is 2.62. The van der Waals surface area contributed by atoms with Crippen LogP contribution in [0, 0.1) is 0 Å². The van der Waals surface area contributed by atoms with Crippen LogP contribution in [0.4, 0.5) is 0 Å². The number of aliphatic hydroxyl groups is 3. The van der Waals surface area contributed by atoms with Gasteiger partial charge in [0.25, 0.3) is 0 Å². The Morgan fingerprint density at radius 2 is 1.80 bits per heavy atom. The van der Waals surface area contributed by atoms with E-state index in [1.54, 1.807) is 6.92 Å². The van der Waals surface area contributed by atoms with Crippen LogP contribution in [0.15, 0.2) is 23.3 Å². The lowest BCUT2D eigenvalue weighted by atomic mass is 9.84. The summed E-state index contributed by atoms with van der Waals surface area (Å²) in [5, 5.41) is 31.1. The molecule has 2 fully saturated rings. The monoisotopic (exact) mass is 352 g/mol. The fourth-order valence-electron chi connectivity index (χ4n) is 4.23. The Hall–Kier alpha value is -0.720. The van der Waals surface area contributed by atoms with Crippen LogP contribution in [0.3, 0.4) is 0 Å². The molecule has 6 unspecified atom stereocenters. The van der Waals surface area contributed by atoms with Crippen molar-refractivity contribution in [3.8, 4) is 0 Å². The normalized spacial score (nSPS) is 48.7. The molecule has 0 aromatic heterocycles. The number of rotatable bonds is 0. The molecule has 6 atom stereocenters. The summed E-state index contributed by atoms with van der Waals surface area (Å²) in [5.74, 6) is 0. The Balaban J connectivity index is 1.84. The van der Waals surface area contributed by atoms with Crippen molar-refractivity contribution in [3.63, 3.8) is 0 Å². The summed E-state index contributed by atoms with van der Waals surface area (Å²) >= 11 is 0. The molecule has 2 heterocycles. The minimum atomic E-state index is -1.08. The zero-order valence-corrected chi connectivity index (χ0v) is 15.8. The number of allylic oxidation sites excluding steroid dienone is 3. The molecular formula is C20H32O5. The summed E-state index contributed by atoms with van der Waals surface area (Å²) < 4.78 is 11.8. The van der Waals surface area contributed by atoms with Crippen LogP contribution < -0.4 is 0 Å². The minimum Gasteiger partial charge on any atom is -0.390 e. The summed E-state index contributed by atoms with van der Waals surface area (Å²) in [6, 6.07) is 0. The molecule has 3 N–H and O–H groups in total. The second-order valence-corrected chi connectivity index (χ2v) is 8.52. The van der Waals surface area contributed by atoms with Crippen molar-refractivity contribution in [2.24, 2.45) is 0 Å². The smallest absolute Gasteiger partial charge is 0.187 e. The van der Waals surface area contributed by atoms with Gasteiger partial charge in [-0.3, -0.25) is 0 Å². The highest BCUT2D eigenvalue weighted by Gasteiger charge is 2.79. The highest BCUT2D eigenvalue weighted by molar-refractivity contribution is 5.29. The van der Waals surface area contributed by atoms with Crippen LogP contribution in [0.2, 0.25) is 0 Å². The van der Waals surface area contributed by atoms with Crippen LogP contribution in [-0.4, -0.2) is 50.6 Å². The van der Waals surface area contributed by atoms with Crippen molar-refractivity contribution in [3.05, 3.63) is 23.3 Å².